The molecular formula is C13H23N3O4. The topological polar surface area (TPSA) is 82.1 Å². The number of ether oxygens (including phenoxy) is 1. The lowest BCUT2D eigenvalue weighted by molar-refractivity contribution is -0.139. The largest absolute Gasteiger partial charge is 0.480 e. The van der Waals surface area contributed by atoms with Gasteiger partial charge in [-0.05, 0) is 12.8 Å². The van der Waals surface area contributed by atoms with Gasteiger partial charge < -0.3 is 15.2 Å². The third-order valence-corrected chi connectivity index (χ3v) is 3.74. The third kappa shape index (κ3) is 5.07. The van der Waals surface area contributed by atoms with Gasteiger partial charge in [-0.25, -0.2) is 0 Å². The number of aliphatic carboxylic acids is 1. The van der Waals surface area contributed by atoms with Crippen LogP contribution in [0.3, 0.4) is 0 Å². The quantitative estimate of drug-likeness (QED) is 0.650. The van der Waals surface area contributed by atoms with Crippen molar-refractivity contribution >= 4 is 11.9 Å². The Labute approximate surface area is 118 Å². The molecule has 2 N–H and O–H groups in total. The normalized spacial score (nSPS) is 24.7. The second kappa shape index (κ2) is 7.56. The summed E-state index contributed by atoms with van der Waals surface area (Å²) >= 11 is 0. The van der Waals surface area contributed by atoms with Gasteiger partial charge in [-0.15, -0.1) is 0 Å². The summed E-state index contributed by atoms with van der Waals surface area (Å²) in [6.07, 6.45) is 2.27. The van der Waals surface area contributed by atoms with Crippen molar-refractivity contribution in [3.05, 3.63) is 0 Å². The first-order valence-electron chi connectivity index (χ1n) is 7.18. The van der Waals surface area contributed by atoms with Crippen molar-refractivity contribution in [1.29, 1.82) is 0 Å². The highest BCUT2D eigenvalue weighted by Crippen LogP contribution is 2.10. The molecule has 0 aromatic carbocycles. The molecule has 0 aromatic heterocycles. The number of nitrogens with zero attached hydrogens (tertiary/aromatic N) is 2. The number of carboxylic acids is 1. The van der Waals surface area contributed by atoms with Gasteiger partial charge in [0.15, 0.2) is 0 Å². The van der Waals surface area contributed by atoms with Gasteiger partial charge in [-0.2, -0.15) is 0 Å². The standard InChI is InChI=1S/C13H23N3O4/c17-12(14-8-11-2-1-7-20-11)9-15-3-5-16(6-4-15)10-13(18)19/h11H,1-10H2,(H,14,17)(H,18,19). The first-order chi connectivity index (χ1) is 9.63. The molecule has 0 aliphatic carbocycles. The van der Waals surface area contributed by atoms with Crippen LogP contribution in [0, 0.1) is 0 Å². The first-order valence-corrected chi connectivity index (χ1v) is 7.18. The minimum atomic E-state index is -0.798. The van der Waals surface area contributed by atoms with E-state index in [1.54, 1.807) is 0 Å². The molecular weight excluding hydrogens is 262 g/mol. The van der Waals surface area contributed by atoms with Gasteiger partial charge >= 0.3 is 5.97 Å². The molecule has 7 nitrogen and oxygen atoms in total. The van der Waals surface area contributed by atoms with E-state index in [0.29, 0.717) is 26.2 Å². The average Bonchev–Trinajstić information content (AvgIpc) is 2.91. The van der Waals surface area contributed by atoms with Crippen LogP contribution in [0.25, 0.3) is 0 Å². The average molecular weight is 285 g/mol. The van der Waals surface area contributed by atoms with Crippen molar-refractivity contribution in [2.24, 2.45) is 0 Å². The predicted octanol–water partition coefficient (Wildman–Crippen LogP) is -1.02. The Bertz CT molecular complexity index is 337. The predicted molar refractivity (Wildman–Crippen MR) is 72.5 cm³/mol. The molecule has 2 rings (SSSR count). The monoisotopic (exact) mass is 285 g/mol. The van der Waals surface area contributed by atoms with Crippen molar-refractivity contribution in [3.8, 4) is 0 Å². The number of hydrogen-bond acceptors (Lipinski definition) is 5. The Kier molecular flexibility index (Phi) is 5.75. The smallest absolute Gasteiger partial charge is 0.317 e. The second-order valence-corrected chi connectivity index (χ2v) is 5.39. The number of hydrogen-bond donors (Lipinski definition) is 2. The van der Waals surface area contributed by atoms with Crippen LogP contribution in [0.4, 0.5) is 0 Å². The highest BCUT2D eigenvalue weighted by molar-refractivity contribution is 5.78. The van der Waals surface area contributed by atoms with Crippen molar-refractivity contribution in [3.63, 3.8) is 0 Å². The van der Waals surface area contributed by atoms with Crippen LogP contribution in [0.15, 0.2) is 0 Å². The van der Waals surface area contributed by atoms with E-state index in [-0.39, 0.29) is 18.6 Å². The van der Waals surface area contributed by atoms with Gasteiger partial charge in [0.25, 0.3) is 0 Å². The maximum absolute atomic E-state index is 11.8. The van der Waals surface area contributed by atoms with Crippen LogP contribution in [-0.2, 0) is 14.3 Å². The molecule has 0 aromatic rings. The maximum atomic E-state index is 11.8. The zero-order valence-electron chi connectivity index (χ0n) is 11.7. The molecule has 20 heavy (non-hydrogen) atoms. The van der Waals surface area contributed by atoms with Gasteiger partial charge in [0.05, 0.1) is 19.2 Å². The number of amides is 1. The van der Waals surface area contributed by atoms with E-state index in [2.05, 4.69) is 10.2 Å². The summed E-state index contributed by atoms with van der Waals surface area (Å²) in [7, 11) is 0. The molecule has 2 saturated heterocycles. The van der Waals surface area contributed by atoms with Crippen molar-refractivity contribution < 1.29 is 19.4 Å². The SMILES string of the molecule is O=C(O)CN1CCN(CC(=O)NCC2CCCO2)CC1. The number of nitrogens with one attached hydrogen (secondary N) is 1. The van der Waals surface area contributed by atoms with Gasteiger partial charge in [0.1, 0.15) is 0 Å². The Morgan fingerprint density at radius 2 is 1.80 bits per heavy atom. The maximum Gasteiger partial charge on any atom is 0.317 e. The fraction of sp³-hybridized carbons (Fsp3) is 0.846. The Hall–Kier alpha value is -1.18. The van der Waals surface area contributed by atoms with E-state index in [1.165, 1.54) is 0 Å². The van der Waals surface area contributed by atoms with Crippen LogP contribution < -0.4 is 5.32 Å². The zero-order chi connectivity index (χ0) is 14.4. The number of carbonyl (C=O) groups excluding carboxylic acids is 1. The van der Waals surface area contributed by atoms with Gasteiger partial charge in [-0.1, -0.05) is 0 Å². The number of carbonyl (C=O) groups is 2. The Morgan fingerprint density at radius 3 is 2.35 bits per heavy atom. The van der Waals surface area contributed by atoms with Crippen molar-refractivity contribution in [1.82, 2.24) is 15.1 Å². The van der Waals surface area contributed by atoms with E-state index in [9.17, 15) is 9.59 Å². The molecule has 1 atom stereocenters. The lowest BCUT2D eigenvalue weighted by Crippen LogP contribution is -2.50. The summed E-state index contributed by atoms with van der Waals surface area (Å²) < 4.78 is 5.45. The van der Waals surface area contributed by atoms with E-state index < -0.39 is 5.97 Å². The van der Waals surface area contributed by atoms with Crippen LogP contribution in [-0.4, -0.2) is 85.3 Å². The highest BCUT2D eigenvalue weighted by atomic mass is 16.5. The minimum absolute atomic E-state index is 0.0205. The number of rotatable bonds is 6. The Balaban J connectivity index is 1.59. The van der Waals surface area contributed by atoms with Gasteiger partial charge in [0.2, 0.25) is 5.91 Å². The lowest BCUT2D eigenvalue weighted by atomic mass is 10.2. The van der Waals surface area contributed by atoms with Gasteiger partial charge in [0, 0.05) is 39.3 Å². The van der Waals surface area contributed by atoms with Crippen LogP contribution in [0.2, 0.25) is 0 Å². The molecule has 2 fully saturated rings. The van der Waals surface area contributed by atoms with Crippen molar-refractivity contribution in [2.75, 3.05) is 52.4 Å². The highest BCUT2D eigenvalue weighted by Gasteiger charge is 2.21. The summed E-state index contributed by atoms with van der Waals surface area (Å²) in [6.45, 7) is 4.73. The van der Waals surface area contributed by atoms with E-state index >= 15 is 0 Å². The summed E-state index contributed by atoms with van der Waals surface area (Å²) in [6, 6.07) is 0. The summed E-state index contributed by atoms with van der Waals surface area (Å²) in [5.74, 6) is -0.778. The van der Waals surface area contributed by atoms with Crippen LogP contribution >= 0.6 is 0 Å². The molecule has 2 aliphatic heterocycles. The molecule has 0 saturated carbocycles. The zero-order valence-corrected chi connectivity index (χ0v) is 11.7. The van der Waals surface area contributed by atoms with Gasteiger partial charge in [-0.3, -0.25) is 19.4 Å². The molecule has 7 heteroatoms. The first kappa shape index (κ1) is 15.2. The molecule has 2 heterocycles. The van der Waals surface area contributed by atoms with Crippen LogP contribution in [0.1, 0.15) is 12.8 Å². The molecule has 0 bridgehead atoms. The molecule has 2 aliphatic rings. The third-order valence-electron chi connectivity index (χ3n) is 3.74. The molecule has 1 unspecified atom stereocenters. The molecule has 0 spiro atoms. The minimum Gasteiger partial charge on any atom is -0.480 e. The molecule has 1 amide bonds. The number of piperazine rings is 1. The fourth-order valence-electron chi connectivity index (χ4n) is 2.59. The summed E-state index contributed by atoms with van der Waals surface area (Å²) in [4.78, 5) is 26.4. The molecule has 114 valence electrons. The van der Waals surface area contributed by atoms with E-state index in [4.69, 9.17) is 9.84 Å². The summed E-state index contributed by atoms with van der Waals surface area (Å²) in [5, 5.41) is 11.6. The van der Waals surface area contributed by atoms with Crippen molar-refractivity contribution in [2.45, 2.75) is 18.9 Å². The van der Waals surface area contributed by atoms with Crippen LogP contribution in [0.5, 0.6) is 0 Å². The van der Waals surface area contributed by atoms with E-state index in [0.717, 1.165) is 32.5 Å². The number of carboxylic acid groups (broad SMARTS) is 1. The fourth-order valence-corrected chi connectivity index (χ4v) is 2.59. The summed E-state index contributed by atoms with van der Waals surface area (Å²) in [5.41, 5.74) is 0. The lowest BCUT2D eigenvalue weighted by Gasteiger charge is -2.33. The molecule has 0 radical (unpaired) electrons. The second-order valence-electron chi connectivity index (χ2n) is 5.39. The van der Waals surface area contributed by atoms with E-state index in [1.807, 2.05) is 4.90 Å². The Morgan fingerprint density at radius 1 is 1.15 bits per heavy atom.